The number of imide groups is 2. The highest BCUT2D eigenvalue weighted by atomic mass is 28.4. The molecule has 0 unspecified atom stereocenters. The first-order chi connectivity index (χ1) is 20.4. The van der Waals surface area contributed by atoms with Crippen LogP contribution in [-0.2, 0) is 6.54 Å². The van der Waals surface area contributed by atoms with Gasteiger partial charge >= 0.3 is 12.1 Å². The van der Waals surface area contributed by atoms with Gasteiger partial charge in [0, 0.05) is 18.1 Å². The number of aromatic nitrogens is 1. The van der Waals surface area contributed by atoms with Crippen molar-refractivity contribution in [3.63, 3.8) is 0 Å². The Morgan fingerprint density at radius 1 is 0.953 bits per heavy atom. The minimum Gasteiger partial charge on any atom is -0.541 e. The summed E-state index contributed by atoms with van der Waals surface area (Å²) in [6.07, 6.45) is 0.561. The molecule has 2 aliphatic heterocycles. The number of benzene rings is 2. The Hall–Kier alpha value is -4.32. The van der Waals surface area contributed by atoms with Gasteiger partial charge in [0.25, 0.3) is 20.1 Å². The predicted molar refractivity (Wildman–Crippen MR) is 160 cm³/mol. The fraction of sp³-hybridized carbons (Fsp3) is 0.387. The van der Waals surface area contributed by atoms with E-state index < -0.39 is 38.1 Å². The molecular weight excluding hydrogens is 571 g/mol. The number of nitrogens with one attached hydrogen (secondary N) is 1. The van der Waals surface area contributed by atoms with E-state index >= 15 is 0 Å². The fourth-order valence-electron chi connectivity index (χ4n) is 6.46. The molecular formula is C31H35FN4O6Si. The molecule has 226 valence electrons. The number of amides is 5. The maximum Gasteiger partial charge on any atom is 0.423 e. The monoisotopic (exact) mass is 606 g/mol. The molecule has 0 spiro atoms. The third kappa shape index (κ3) is 5.03. The zero-order valence-corrected chi connectivity index (χ0v) is 26.1. The van der Waals surface area contributed by atoms with Crippen molar-refractivity contribution in [1.29, 1.82) is 0 Å². The van der Waals surface area contributed by atoms with E-state index in [0.29, 0.717) is 10.9 Å². The first-order valence-electron chi connectivity index (χ1n) is 14.4. The van der Waals surface area contributed by atoms with Gasteiger partial charge in [-0.25, -0.2) is 18.9 Å². The molecule has 0 aliphatic carbocycles. The maximum absolute atomic E-state index is 14.2. The second kappa shape index (κ2) is 11.4. The third-order valence-electron chi connectivity index (χ3n) is 8.40. The van der Waals surface area contributed by atoms with E-state index in [1.807, 2.05) is 0 Å². The molecule has 5 rings (SSSR count). The average molecular weight is 607 g/mol. The Balaban J connectivity index is 1.74. The molecule has 0 bridgehead atoms. The Labute approximate surface area is 250 Å². The summed E-state index contributed by atoms with van der Waals surface area (Å²) in [6.45, 7) is 12.8. The quantitative estimate of drug-likeness (QED) is 0.238. The molecule has 0 radical (unpaired) electrons. The Morgan fingerprint density at radius 2 is 1.56 bits per heavy atom. The minimum atomic E-state index is -2.69. The number of rotatable bonds is 8. The largest absolute Gasteiger partial charge is 0.541 e. The summed E-state index contributed by atoms with van der Waals surface area (Å²) in [7, 11) is -2.69. The van der Waals surface area contributed by atoms with Crippen LogP contribution in [0.5, 0.6) is 11.5 Å². The molecule has 0 saturated carbocycles. The van der Waals surface area contributed by atoms with Crippen LogP contribution in [0.25, 0.3) is 10.9 Å². The third-order valence-corrected chi connectivity index (χ3v) is 14.4. The van der Waals surface area contributed by atoms with Gasteiger partial charge in [-0.3, -0.25) is 19.5 Å². The van der Waals surface area contributed by atoms with Crippen molar-refractivity contribution in [3.8, 4) is 11.5 Å². The number of fused-ring (bicyclic) bond motifs is 2. The molecule has 2 aliphatic rings. The summed E-state index contributed by atoms with van der Waals surface area (Å²) in [5.74, 6) is -1.76. The minimum absolute atomic E-state index is 0.0363. The Bertz CT molecular complexity index is 1600. The van der Waals surface area contributed by atoms with Gasteiger partial charge in [0.1, 0.15) is 22.6 Å². The molecule has 1 fully saturated rings. The van der Waals surface area contributed by atoms with Crippen molar-refractivity contribution >= 4 is 43.2 Å². The number of hydrogen-bond acceptors (Lipinski definition) is 7. The van der Waals surface area contributed by atoms with Crippen LogP contribution in [0.1, 0.15) is 67.8 Å². The number of halogens is 1. The lowest BCUT2D eigenvalue weighted by Crippen LogP contribution is -2.51. The maximum atomic E-state index is 14.2. The summed E-state index contributed by atoms with van der Waals surface area (Å²) in [5.41, 5.74) is 1.05. The molecule has 5 amide bonds. The van der Waals surface area contributed by atoms with E-state index in [-0.39, 0.29) is 64.4 Å². The Morgan fingerprint density at radius 3 is 2.12 bits per heavy atom. The zero-order chi connectivity index (χ0) is 31.2. The van der Waals surface area contributed by atoms with Crippen LogP contribution in [0.3, 0.4) is 0 Å². The number of ether oxygens (including phenoxy) is 1. The van der Waals surface area contributed by atoms with Crippen LogP contribution in [0.4, 0.5) is 14.0 Å². The normalized spacial score (nSPS) is 15.3. The molecule has 10 nitrogen and oxygen atoms in total. The summed E-state index contributed by atoms with van der Waals surface area (Å²) in [5, 5.41) is 2.85. The second-order valence-electron chi connectivity index (χ2n) is 11.8. The highest BCUT2D eigenvalue weighted by molar-refractivity contribution is 6.78. The van der Waals surface area contributed by atoms with Gasteiger partial charge in [0.05, 0.1) is 18.7 Å². The summed E-state index contributed by atoms with van der Waals surface area (Å²) < 4.78 is 26.5. The lowest BCUT2D eigenvalue weighted by Gasteiger charge is -2.42. The van der Waals surface area contributed by atoms with Gasteiger partial charge in [0.2, 0.25) is 0 Å². The smallest absolute Gasteiger partial charge is 0.423 e. The van der Waals surface area contributed by atoms with Gasteiger partial charge in [-0.05, 0) is 46.5 Å². The predicted octanol–water partition coefficient (Wildman–Crippen LogP) is 6.25. The first kappa shape index (κ1) is 30.1. The zero-order valence-electron chi connectivity index (χ0n) is 25.1. The van der Waals surface area contributed by atoms with Crippen molar-refractivity contribution in [2.75, 3.05) is 13.1 Å². The second-order valence-corrected chi connectivity index (χ2v) is 17.2. The van der Waals surface area contributed by atoms with Crippen LogP contribution < -0.4 is 14.5 Å². The number of carbonyl (C=O) groups excluding carboxylic acids is 4. The molecule has 1 N–H and O–H groups in total. The van der Waals surface area contributed by atoms with Crippen LogP contribution in [-0.4, -0.2) is 60.1 Å². The van der Waals surface area contributed by atoms with E-state index in [1.54, 1.807) is 18.3 Å². The van der Waals surface area contributed by atoms with Crippen molar-refractivity contribution in [2.45, 2.75) is 64.7 Å². The average Bonchev–Trinajstić information content (AvgIpc) is 3.49. The number of urea groups is 1. The fourth-order valence-corrected chi connectivity index (χ4v) is 11.7. The van der Waals surface area contributed by atoms with Crippen LogP contribution in [0, 0.1) is 5.82 Å². The lowest BCUT2D eigenvalue weighted by atomic mass is 10.0. The summed E-state index contributed by atoms with van der Waals surface area (Å²) in [4.78, 5) is 60.2. The Kier molecular flexibility index (Phi) is 7.99. The molecule has 3 heterocycles. The van der Waals surface area contributed by atoms with Crippen molar-refractivity contribution in [2.24, 2.45) is 0 Å². The van der Waals surface area contributed by atoms with Crippen molar-refractivity contribution < 1.29 is 32.7 Å². The topological polar surface area (TPSA) is 118 Å². The van der Waals surface area contributed by atoms with Crippen molar-refractivity contribution in [3.05, 3.63) is 65.1 Å². The van der Waals surface area contributed by atoms with Gasteiger partial charge in [-0.15, -0.1) is 0 Å². The summed E-state index contributed by atoms with van der Waals surface area (Å²) in [6, 6.07) is 8.15. The van der Waals surface area contributed by atoms with Crippen molar-refractivity contribution in [1.82, 2.24) is 20.1 Å². The number of carbonyl (C=O) groups is 4. The van der Waals surface area contributed by atoms with Gasteiger partial charge in [-0.1, -0.05) is 53.7 Å². The van der Waals surface area contributed by atoms with Gasteiger partial charge < -0.3 is 14.5 Å². The SMILES string of the molecule is CC(C)[Si](Oc1c2c(c(OC(=O)N3CCNC3=O)c3cccnc13)C(=O)N(Cc1ccc(F)cc1)C2=O)(C(C)C)C(C)C. The highest BCUT2D eigenvalue weighted by Gasteiger charge is 2.50. The van der Waals surface area contributed by atoms with E-state index in [1.165, 1.54) is 24.3 Å². The number of nitrogens with zero attached hydrogens (tertiary/aromatic N) is 3. The van der Waals surface area contributed by atoms with E-state index in [2.05, 4.69) is 51.8 Å². The number of pyridine rings is 1. The molecule has 12 heteroatoms. The van der Waals surface area contributed by atoms with Crippen LogP contribution in [0.2, 0.25) is 16.6 Å². The lowest BCUT2D eigenvalue weighted by molar-refractivity contribution is 0.0641. The standard InChI is InChI=1S/C31H35FN4O6Si/c1-17(2)43(18(3)4,19(5)6)42-27-24-23(28(37)36(29(24)38)16-20-9-11-21(32)12-10-20)26(22-8-7-13-33-25(22)27)41-31(40)35-15-14-34-30(35)39/h7-13,17-19H,14-16H2,1-6H3,(H,34,39). The van der Waals surface area contributed by atoms with E-state index in [4.69, 9.17) is 9.16 Å². The molecule has 0 atom stereocenters. The van der Waals surface area contributed by atoms with Gasteiger partial charge in [0.15, 0.2) is 5.75 Å². The first-order valence-corrected chi connectivity index (χ1v) is 16.5. The number of hydrogen-bond donors (Lipinski definition) is 1. The van der Waals surface area contributed by atoms with Crippen LogP contribution in [0.15, 0.2) is 42.6 Å². The van der Waals surface area contributed by atoms with Crippen LogP contribution >= 0.6 is 0 Å². The molecule has 1 aromatic heterocycles. The molecule has 3 aromatic rings. The molecule has 43 heavy (non-hydrogen) atoms. The summed E-state index contributed by atoms with van der Waals surface area (Å²) >= 11 is 0. The highest BCUT2D eigenvalue weighted by Crippen LogP contribution is 2.49. The van der Waals surface area contributed by atoms with E-state index in [9.17, 15) is 23.6 Å². The van der Waals surface area contributed by atoms with Gasteiger partial charge in [-0.2, -0.15) is 0 Å². The van der Waals surface area contributed by atoms with E-state index in [0.717, 1.165) is 9.80 Å². The molecule has 2 aromatic carbocycles. The molecule has 1 saturated heterocycles.